The van der Waals surface area contributed by atoms with Crippen molar-refractivity contribution in [3.63, 3.8) is 0 Å². The molecule has 114 valence electrons. The lowest BCUT2D eigenvalue weighted by atomic mass is 10.1. The van der Waals surface area contributed by atoms with Crippen molar-refractivity contribution in [2.75, 3.05) is 13.1 Å². The van der Waals surface area contributed by atoms with Crippen LogP contribution in [0, 0.1) is 0 Å². The van der Waals surface area contributed by atoms with E-state index in [1.54, 1.807) is 4.90 Å². The molecule has 1 heterocycles. The fourth-order valence-corrected chi connectivity index (χ4v) is 2.04. The number of carbonyl (C=O) groups excluding carboxylic acids is 1. The van der Waals surface area contributed by atoms with Crippen LogP contribution in [0.4, 0.5) is 4.79 Å². The molecular weight excluding hydrogens is 254 g/mol. The van der Waals surface area contributed by atoms with Crippen molar-refractivity contribution in [1.29, 1.82) is 0 Å². The highest BCUT2D eigenvalue weighted by Crippen LogP contribution is 2.19. The van der Waals surface area contributed by atoms with E-state index in [1.807, 2.05) is 52.8 Å². The summed E-state index contributed by atoms with van der Waals surface area (Å²) in [6.45, 7) is 11.0. The Morgan fingerprint density at radius 2 is 1.80 bits per heavy atom. The predicted molar refractivity (Wildman–Crippen MR) is 80.5 cm³/mol. The van der Waals surface area contributed by atoms with Crippen LogP contribution >= 0.6 is 0 Å². The molecule has 1 aliphatic heterocycles. The number of hydrogen-bond acceptors (Lipinski definition) is 3. The van der Waals surface area contributed by atoms with Gasteiger partial charge in [-0.15, -0.1) is 0 Å². The lowest BCUT2D eigenvalue weighted by molar-refractivity contribution is 0.00552. The highest BCUT2D eigenvalue weighted by atomic mass is 16.6. The van der Waals surface area contributed by atoms with E-state index in [1.165, 1.54) is 0 Å². The smallest absolute Gasteiger partial charge is 0.410 e. The van der Waals surface area contributed by atoms with Crippen molar-refractivity contribution in [3.8, 4) is 0 Å². The van der Waals surface area contributed by atoms with Gasteiger partial charge < -0.3 is 14.4 Å². The van der Waals surface area contributed by atoms with Crippen LogP contribution in [0.15, 0.2) is 24.0 Å². The zero-order valence-corrected chi connectivity index (χ0v) is 13.3. The molecule has 1 rings (SSSR count). The molecule has 1 fully saturated rings. The van der Waals surface area contributed by atoms with Gasteiger partial charge in [0, 0.05) is 25.9 Å². The van der Waals surface area contributed by atoms with Gasteiger partial charge in [0.05, 0.1) is 0 Å². The van der Waals surface area contributed by atoms with E-state index < -0.39 is 5.60 Å². The Hall–Kier alpha value is -1.45. The number of carbonyl (C=O) groups is 1. The number of ether oxygens (including phenoxy) is 2. The summed E-state index contributed by atoms with van der Waals surface area (Å²) < 4.78 is 11.3. The molecule has 1 saturated heterocycles. The second-order valence-corrected chi connectivity index (χ2v) is 5.98. The second-order valence-electron chi connectivity index (χ2n) is 5.98. The molecule has 1 aliphatic rings. The van der Waals surface area contributed by atoms with Crippen LogP contribution in [0.25, 0.3) is 0 Å². The molecule has 20 heavy (non-hydrogen) atoms. The summed E-state index contributed by atoms with van der Waals surface area (Å²) in [6.07, 6.45) is 7.51. The number of allylic oxidation sites excluding steroid dienone is 3. The normalized spacial score (nSPS) is 18.4. The van der Waals surface area contributed by atoms with Gasteiger partial charge in [-0.1, -0.05) is 6.08 Å². The van der Waals surface area contributed by atoms with Crippen LogP contribution in [0.3, 0.4) is 0 Å². The Morgan fingerprint density at radius 3 is 2.25 bits per heavy atom. The molecule has 0 N–H and O–H groups in total. The molecule has 0 bridgehead atoms. The van der Waals surface area contributed by atoms with Crippen LogP contribution in [-0.4, -0.2) is 35.8 Å². The summed E-state index contributed by atoms with van der Waals surface area (Å²) in [5, 5.41) is 0. The van der Waals surface area contributed by atoms with E-state index >= 15 is 0 Å². The highest BCUT2D eigenvalue weighted by molar-refractivity contribution is 5.68. The van der Waals surface area contributed by atoms with Crippen molar-refractivity contribution in [2.45, 2.75) is 59.2 Å². The maximum Gasteiger partial charge on any atom is 0.410 e. The van der Waals surface area contributed by atoms with E-state index in [4.69, 9.17) is 9.47 Å². The number of amides is 1. The molecule has 0 spiro atoms. The number of likely N-dealkylation sites (tertiary alicyclic amines) is 1. The van der Waals surface area contributed by atoms with E-state index in [0.717, 1.165) is 18.6 Å². The van der Waals surface area contributed by atoms with Crippen LogP contribution < -0.4 is 0 Å². The van der Waals surface area contributed by atoms with Crippen molar-refractivity contribution < 1.29 is 14.3 Å². The average Bonchev–Trinajstić information content (AvgIpc) is 2.37. The van der Waals surface area contributed by atoms with E-state index in [0.29, 0.717) is 13.1 Å². The summed E-state index contributed by atoms with van der Waals surface area (Å²) >= 11 is 0. The van der Waals surface area contributed by atoms with Crippen LogP contribution in [0.2, 0.25) is 0 Å². The maximum absolute atomic E-state index is 11.9. The Balaban J connectivity index is 2.42. The fourth-order valence-electron chi connectivity index (χ4n) is 2.04. The Bertz CT molecular complexity index is 372. The third kappa shape index (κ3) is 5.68. The monoisotopic (exact) mass is 281 g/mol. The quantitative estimate of drug-likeness (QED) is 0.582. The molecule has 4 heteroatoms. The van der Waals surface area contributed by atoms with Gasteiger partial charge in [-0.25, -0.2) is 4.79 Å². The minimum atomic E-state index is -0.436. The van der Waals surface area contributed by atoms with Crippen molar-refractivity contribution in [2.24, 2.45) is 0 Å². The summed E-state index contributed by atoms with van der Waals surface area (Å²) in [4.78, 5) is 13.7. The molecule has 0 saturated carbocycles. The highest BCUT2D eigenvalue weighted by Gasteiger charge is 2.27. The van der Waals surface area contributed by atoms with Crippen molar-refractivity contribution >= 4 is 6.09 Å². The number of hydrogen-bond donors (Lipinski definition) is 0. The Morgan fingerprint density at radius 1 is 1.20 bits per heavy atom. The van der Waals surface area contributed by atoms with Gasteiger partial charge in [-0.05, 0) is 46.8 Å². The first-order valence-electron chi connectivity index (χ1n) is 7.29. The molecule has 0 aromatic rings. The SMILES string of the molecule is C/C=C\C(=C/C)OC1CCN(C(=O)OC(C)(C)C)CC1. The van der Waals surface area contributed by atoms with Gasteiger partial charge in [0.1, 0.15) is 17.5 Å². The zero-order chi connectivity index (χ0) is 15.2. The minimum Gasteiger partial charge on any atom is -0.491 e. The van der Waals surface area contributed by atoms with Crippen LogP contribution in [0.1, 0.15) is 47.5 Å². The van der Waals surface area contributed by atoms with Crippen LogP contribution in [0.5, 0.6) is 0 Å². The fraction of sp³-hybridized carbons (Fsp3) is 0.688. The predicted octanol–water partition coefficient (Wildman–Crippen LogP) is 3.88. The largest absolute Gasteiger partial charge is 0.491 e. The summed E-state index contributed by atoms with van der Waals surface area (Å²) in [5.74, 6) is 0.892. The van der Waals surface area contributed by atoms with Crippen molar-refractivity contribution in [1.82, 2.24) is 4.90 Å². The van der Waals surface area contributed by atoms with E-state index in [-0.39, 0.29) is 12.2 Å². The summed E-state index contributed by atoms with van der Waals surface area (Å²) in [7, 11) is 0. The molecular formula is C16H27NO3. The Labute approximate surface area is 122 Å². The molecule has 0 aromatic heterocycles. The molecule has 0 atom stereocenters. The summed E-state index contributed by atoms with van der Waals surface area (Å²) in [5.41, 5.74) is -0.436. The summed E-state index contributed by atoms with van der Waals surface area (Å²) in [6, 6.07) is 0. The maximum atomic E-state index is 11.9. The minimum absolute atomic E-state index is 0.177. The van der Waals surface area contributed by atoms with E-state index in [9.17, 15) is 4.79 Å². The van der Waals surface area contributed by atoms with Crippen molar-refractivity contribution in [3.05, 3.63) is 24.0 Å². The number of rotatable bonds is 3. The van der Waals surface area contributed by atoms with Gasteiger partial charge >= 0.3 is 6.09 Å². The topological polar surface area (TPSA) is 38.8 Å². The number of nitrogens with zero attached hydrogens (tertiary/aromatic N) is 1. The third-order valence-corrected chi connectivity index (χ3v) is 3.01. The van der Waals surface area contributed by atoms with Gasteiger partial charge in [-0.2, -0.15) is 0 Å². The molecule has 0 aromatic carbocycles. The van der Waals surface area contributed by atoms with Gasteiger partial charge in [0.15, 0.2) is 0 Å². The van der Waals surface area contributed by atoms with Gasteiger partial charge in [0.2, 0.25) is 0 Å². The Kier molecular flexibility index (Phi) is 6.11. The molecule has 1 amide bonds. The molecule has 4 nitrogen and oxygen atoms in total. The second kappa shape index (κ2) is 7.36. The van der Waals surface area contributed by atoms with Crippen LogP contribution in [-0.2, 0) is 9.47 Å². The third-order valence-electron chi connectivity index (χ3n) is 3.01. The molecule has 0 radical (unpaired) electrons. The lowest BCUT2D eigenvalue weighted by Crippen LogP contribution is -2.43. The average molecular weight is 281 g/mol. The first kappa shape index (κ1) is 16.6. The molecule has 0 aliphatic carbocycles. The van der Waals surface area contributed by atoms with Gasteiger partial charge in [0.25, 0.3) is 0 Å². The first-order chi connectivity index (χ1) is 9.35. The van der Waals surface area contributed by atoms with E-state index in [2.05, 4.69) is 0 Å². The number of piperidine rings is 1. The molecule has 0 unspecified atom stereocenters. The zero-order valence-electron chi connectivity index (χ0n) is 13.3. The lowest BCUT2D eigenvalue weighted by Gasteiger charge is -2.33. The standard InChI is InChI=1S/C16H27NO3/c1-6-8-13(7-2)19-14-9-11-17(12-10-14)15(18)20-16(3,4)5/h6-8,14H,9-12H2,1-5H3/b8-6-,13-7+. The first-order valence-corrected chi connectivity index (χ1v) is 7.29. The van der Waals surface area contributed by atoms with Gasteiger partial charge in [-0.3, -0.25) is 0 Å².